The smallest absolute Gasteiger partial charge is 0.178 e. The average molecular weight is 372 g/mol. The average Bonchev–Trinajstić information content (AvgIpc) is 3.22. The van der Waals surface area contributed by atoms with E-state index in [4.69, 9.17) is 0 Å². The second-order valence-electron chi connectivity index (χ2n) is 6.82. The topological polar surface area (TPSA) is 61.4 Å². The SMILES string of the molecule is Cc1cnc2ccn(-c3cnc4nc(C)n(Cc5cccc(F)c5)c4c3)c2n1. The monoisotopic (exact) mass is 372 g/mol. The van der Waals surface area contributed by atoms with Crippen molar-refractivity contribution in [3.8, 4) is 5.69 Å². The van der Waals surface area contributed by atoms with Gasteiger partial charge < -0.3 is 4.57 Å². The van der Waals surface area contributed by atoms with Gasteiger partial charge in [0, 0.05) is 18.9 Å². The maximum atomic E-state index is 13.6. The number of rotatable bonds is 3. The molecule has 0 bridgehead atoms. The van der Waals surface area contributed by atoms with Gasteiger partial charge in [0.2, 0.25) is 0 Å². The van der Waals surface area contributed by atoms with E-state index < -0.39 is 0 Å². The van der Waals surface area contributed by atoms with Crippen LogP contribution in [0.2, 0.25) is 0 Å². The third-order valence-corrected chi connectivity index (χ3v) is 4.80. The fourth-order valence-electron chi connectivity index (χ4n) is 3.45. The Bertz CT molecular complexity index is 1330. The lowest BCUT2D eigenvalue weighted by Crippen LogP contribution is -2.03. The Labute approximate surface area is 160 Å². The number of fused-ring (bicyclic) bond motifs is 2. The lowest BCUT2D eigenvalue weighted by Gasteiger charge is -2.09. The summed E-state index contributed by atoms with van der Waals surface area (Å²) in [6, 6.07) is 10.6. The summed E-state index contributed by atoms with van der Waals surface area (Å²) in [5.41, 5.74) is 5.78. The fourth-order valence-corrected chi connectivity index (χ4v) is 3.45. The fraction of sp³-hybridized carbons (Fsp3) is 0.143. The summed E-state index contributed by atoms with van der Waals surface area (Å²) in [6.45, 7) is 4.37. The van der Waals surface area contributed by atoms with Gasteiger partial charge in [0.1, 0.15) is 17.2 Å². The molecule has 0 unspecified atom stereocenters. The van der Waals surface area contributed by atoms with Crippen molar-refractivity contribution in [2.75, 3.05) is 0 Å². The highest BCUT2D eigenvalue weighted by Gasteiger charge is 2.13. The summed E-state index contributed by atoms with van der Waals surface area (Å²) in [4.78, 5) is 18.1. The number of benzene rings is 1. The molecule has 0 amide bonds. The molecule has 0 fully saturated rings. The molecule has 4 heterocycles. The van der Waals surface area contributed by atoms with Gasteiger partial charge in [-0.1, -0.05) is 12.1 Å². The van der Waals surface area contributed by atoms with Crippen molar-refractivity contribution in [1.29, 1.82) is 0 Å². The number of hydrogen-bond donors (Lipinski definition) is 0. The van der Waals surface area contributed by atoms with Crippen molar-refractivity contribution < 1.29 is 4.39 Å². The molecule has 0 aliphatic heterocycles. The first-order chi connectivity index (χ1) is 13.6. The molecule has 1 aromatic carbocycles. The molecular formula is C21H17FN6. The first-order valence-corrected chi connectivity index (χ1v) is 8.97. The molecule has 4 aromatic heterocycles. The second-order valence-corrected chi connectivity index (χ2v) is 6.82. The minimum atomic E-state index is -0.244. The highest BCUT2D eigenvalue weighted by atomic mass is 19.1. The van der Waals surface area contributed by atoms with Crippen LogP contribution in [0, 0.1) is 19.7 Å². The van der Waals surface area contributed by atoms with Crippen LogP contribution in [0.25, 0.3) is 28.0 Å². The van der Waals surface area contributed by atoms with E-state index in [0.29, 0.717) is 12.2 Å². The summed E-state index contributed by atoms with van der Waals surface area (Å²) in [5, 5.41) is 0. The molecule has 28 heavy (non-hydrogen) atoms. The van der Waals surface area contributed by atoms with Crippen LogP contribution in [-0.4, -0.2) is 29.1 Å². The van der Waals surface area contributed by atoms with E-state index in [2.05, 4.69) is 19.9 Å². The summed E-state index contributed by atoms with van der Waals surface area (Å²) in [5.74, 6) is 0.586. The van der Waals surface area contributed by atoms with E-state index in [-0.39, 0.29) is 5.82 Å². The predicted molar refractivity (Wildman–Crippen MR) is 105 cm³/mol. The Hall–Kier alpha value is -3.61. The van der Waals surface area contributed by atoms with Crippen LogP contribution in [0.3, 0.4) is 0 Å². The highest BCUT2D eigenvalue weighted by Crippen LogP contribution is 2.22. The van der Waals surface area contributed by atoms with E-state index in [1.165, 1.54) is 6.07 Å². The van der Waals surface area contributed by atoms with Gasteiger partial charge in [0.05, 0.1) is 23.1 Å². The van der Waals surface area contributed by atoms with Crippen molar-refractivity contribution in [1.82, 2.24) is 29.1 Å². The molecule has 0 N–H and O–H groups in total. The Morgan fingerprint density at radius 1 is 1.00 bits per heavy atom. The van der Waals surface area contributed by atoms with Crippen LogP contribution in [-0.2, 0) is 6.54 Å². The third kappa shape index (κ3) is 2.72. The maximum Gasteiger partial charge on any atom is 0.178 e. The maximum absolute atomic E-state index is 13.6. The van der Waals surface area contributed by atoms with E-state index in [9.17, 15) is 4.39 Å². The minimum Gasteiger partial charge on any atom is -0.322 e. The zero-order valence-electron chi connectivity index (χ0n) is 15.5. The van der Waals surface area contributed by atoms with E-state index in [1.807, 2.05) is 47.4 Å². The number of imidazole rings is 1. The third-order valence-electron chi connectivity index (χ3n) is 4.80. The standard InChI is InChI=1S/C21H17FN6/c1-13-10-23-18-6-7-27(21(18)25-13)17-9-19-20(24-11-17)26-14(2)28(19)12-15-4-3-5-16(22)8-15/h3-11H,12H2,1-2H3. The van der Waals surface area contributed by atoms with Gasteiger partial charge in [-0.2, -0.15) is 0 Å². The number of nitrogens with zero attached hydrogens (tertiary/aromatic N) is 6. The molecule has 138 valence electrons. The molecule has 0 spiro atoms. The molecular weight excluding hydrogens is 355 g/mol. The Morgan fingerprint density at radius 3 is 2.75 bits per heavy atom. The van der Waals surface area contributed by atoms with E-state index in [0.717, 1.165) is 39.4 Å². The molecule has 0 aliphatic rings. The first-order valence-electron chi connectivity index (χ1n) is 8.97. The zero-order chi connectivity index (χ0) is 19.3. The summed E-state index contributed by atoms with van der Waals surface area (Å²) in [6.07, 6.45) is 5.48. The molecule has 0 saturated carbocycles. The largest absolute Gasteiger partial charge is 0.322 e. The first kappa shape index (κ1) is 16.6. The van der Waals surface area contributed by atoms with Crippen LogP contribution in [0.15, 0.2) is 55.0 Å². The number of pyridine rings is 1. The summed E-state index contributed by atoms with van der Waals surface area (Å²) in [7, 11) is 0. The second kappa shape index (κ2) is 6.23. The van der Waals surface area contributed by atoms with Crippen molar-refractivity contribution in [3.05, 3.63) is 77.9 Å². The van der Waals surface area contributed by atoms with Crippen molar-refractivity contribution in [3.63, 3.8) is 0 Å². The van der Waals surface area contributed by atoms with Gasteiger partial charge in [-0.15, -0.1) is 0 Å². The molecule has 0 saturated heterocycles. The highest BCUT2D eigenvalue weighted by molar-refractivity contribution is 5.78. The molecule has 0 atom stereocenters. The van der Waals surface area contributed by atoms with Crippen molar-refractivity contribution >= 4 is 22.3 Å². The molecule has 5 aromatic rings. The quantitative estimate of drug-likeness (QED) is 0.481. The zero-order valence-corrected chi connectivity index (χ0v) is 15.5. The van der Waals surface area contributed by atoms with Crippen LogP contribution in [0.5, 0.6) is 0 Å². The summed E-state index contributed by atoms with van der Waals surface area (Å²) < 4.78 is 17.6. The lowest BCUT2D eigenvalue weighted by molar-refractivity contribution is 0.623. The van der Waals surface area contributed by atoms with Crippen molar-refractivity contribution in [2.45, 2.75) is 20.4 Å². The van der Waals surface area contributed by atoms with Gasteiger partial charge in [0.15, 0.2) is 11.3 Å². The summed E-state index contributed by atoms with van der Waals surface area (Å²) >= 11 is 0. The van der Waals surface area contributed by atoms with Crippen LogP contribution in [0.4, 0.5) is 4.39 Å². The normalized spacial score (nSPS) is 11.5. The van der Waals surface area contributed by atoms with E-state index in [1.54, 1.807) is 24.5 Å². The van der Waals surface area contributed by atoms with Gasteiger partial charge in [-0.25, -0.2) is 19.3 Å². The lowest BCUT2D eigenvalue weighted by atomic mass is 10.2. The molecule has 6 nitrogen and oxygen atoms in total. The number of hydrogen-bond acceptors (Lipinski definition) is 4. The molecule has 0 aliphatic carbocycles. The van der Waals surface area contributed by atoms with E-state index >= 15 is 0 Å². The van der Waals surface area contributed by atoms with Gasteiger partial charge in [-0.3, -0.25) is 9.55 Å². The van der Waals surface area contributed by atoms with Crippen LogP contribution < -0.4 is 0 Å². The number of halogens is 1. The Morgan fingerprint density at radius 2 is 1.89 bits per heavy atom. The molecule has 0 radical (unpaired) electrons. The molecule has 7 heteroatoms. The van der Waals surface area contributed by atoms with Crippen LogP contribution >= 0.6 is 0 Å². The Balaban J connectivity index is 1.65. The Kier molecular flexibility index (Phi) is 3.68. The van der Waals surface area contributed by atoms with Crippen LogP contribution in [0.1, 0.15) is 17.1 Å². The van der Waals surface area contributed by atoms with Gasteiger partial charge >= 0.3 is 0 Å². The molecule has 5 rings (SSSR count). The predicted octanol–water partition coefficient (Wildman–Crippen LogP) is 3.97. The minimum absolute atomic E-state index is 0.244. The van der Waals surface area contributed by atoms with Crippen molar-refractivity contribution in [2.24, 2.45) is 0 Å². The van der Waals surface area contributed by atoms with Gasteiger partial charge in [-0.05, 0) is 43.7 Å². The van der Waals surface area contributed by atoms with Gasteiger partial charge in [0.25, 0.3) is 0 Å². The number of aromatic nitrogens is 6. The number of aryl methyl sites for hydroxylation is 2.